The van der Waals surface area contributed by atoms with Gasteiger partial charge in [0.15, 0.2) is 0 Å². The van der Waals surface area contributed by atoms with Crippen LogP contribution >= 0.6 is 0 Å². The van der Waals surface area contributed by atoms with Crippen LogP contribution in [0.25, 0.3) is 0 Å². The highest BCUT2D eigenvalue weighted by atomic mass is 16.4. The van der Waals surface area contributed by atoms with Crippen LogP contribution in [0.4, 0.5) is 11.6 Å². The Labute approximate surface area is 166 Å². The molecule has 1 aliphatic heterocycles. The van der Waals surface area contributed by atoms with Crippen molar-refractivity contribution in [2.75, 3.05) is 10.6 Å². The van der Waals surface area contributed by atoms with E-state index in [4.69, 9.17) is 0 Å². The molecule has 2 heterocycles. The van der Waals surface area contributed by atoms with Gasteiger partial charge in [0.05, 0.1) is 11.1 Å². The molecule has 1 atom stereocenters. The fourth-order valence-corrected chi connectivity index (χ4v) is 3.40. The minimum Gasteiger partial charge on any atom is -0.478 e. The second-order valence-corrected chi connectivity index (χ2v) is 6.79. The van der Waals surface area contributed by atoms with Crippen LogP contribution < -0.4 is 10.6 Å². The number of anilines is 2. The highest BCUT2D eigenvalue weighted by Crippen LogP contribution is 2.35. The minimum atomic E-state index is -1.01. The van der Waals surface area contributed by atoms with Gasteiger partial charge in [-0.15, -0.1) is 0 Å². The molecule has 0 saturated heterocycles. The maximum atomic E-state index is 13.3. The van der Waals surface area contributed by atoms with E-state index in [1.807, 2.05) is 38.1 Å². The van der Waals surface area contributed by atoms with Gasteiger partial charge in [0.25, 0.3) is 5.91 Å². The summed E-state index contributed by atoms with van der Waals surface area (Å²) in [5, 5.41) is 19.5. The Morgan fingerprint density at radius 3 is 2.52 bits per heavy atom. The molecule has 29 heavy (non-hydrogen) atoms. The predicted octanol–water partition coefficient (Wildman–Crippen LogP) is 3.21. The average molecular weight is 389 g/mol. The molecule has 0 bridgehead atoms. The molecule has 8 heteroatoms. The second kappa shape index (κ2) is 7.23. The molecule has 0 spiro atoms. The van der Waals surface area contributed by atoms with Gasteiger partial charge in [-0.1, -0.05) is 30.3 Å². The zero-order chi connectivity index (χ0) is 20.5. The second-order valence-electron chi connectivity index (χ2n) is 6.79. The Morgan fingerprint density at radius 2 is 1.83 bits per heavy atom. The number of aromatic carboxylic acids is 1. The van der Waals surface area contributed by atoms with Crippen molar-refractivity contribution in [3.8, 4) is 0 Å². The summed E-state index contributed by atoms with van der Waals surface area (Å²) in [5.74, 6) is -0.757. The van der Waals surface area contributed by atoms with Crippen LogP contribution in [-0.2, 0) is 4.79 Å². The molecule has 3 N–H and O–H groups in total. The van der Waals surface area contributed by atoms with E-state index >= 15 is 0 Å². The number of carbonyl (C=O) groups is 2. The molecule has 4 rings (SSSR count). The molecule has 1 aromatic heterocycles. The SMILES string of the molecule is CC1=C(C(=O)Nc2ccccc2C)[C@@H](c2ccc(C(=O)O)cc2)n2ncnc2N1. The van der Waals surface area contributed by atoms with Gasteiger partial charge in [0.2, 0.25) is 5.95 Å². The fraction of sp³-hybridized carbons (Fsp3) is 0.143. The van der Waals surface area contributed by atoms with Crippen molar-refractivity contribution in [3.63, 3.8) is 0 Å². The zero-order valence-corrected chi connectivity index (χ0v) is 15.9. The molecule has 0 radical (unpaired) electrons. The molecule has 3 aromatic rings. The molecule has 0 saturated carbocycles. The number of carboxylic acid groups (broad SMARTS) is 1. The third kappa shape index (κ3) is 3.36. The van der Waals surface area contributed by atoms with Crippen LogP contribution in [0.15, 0.2) is 66.1 Å². The van der Waals surface area contributed by atoms with Crippen LogP contribution in [0.5, 0.6) is 0 Å². The number of hydrogen-bond acceptors (Lipinski definition) is 5. The predicted molar refractivity (Wildman–Crippen MR) is 108 cm³/mol. The number of rotatable bonds is 4. The molecule has 8 nitrogen and oxygen atoms in total. The molecular formula is C21H19N5O3. The Balaban J connectivity index is 1.76. The first-order chi connectivity index (χ1) is 14.0. The summed E-state index contributed by atoms with van der Waals surface area (Å²) in [6.07, 6.45) is 1.41. The van der Waals surface area contributed by atoms with Crippen molar-refractivity contribution < 1.29 is 14.7 Å². The Kier molecular flexibility index (Phi) is 4.59. The number of aryl methyl sites for hydroxylation is 1. The van der Waals surface area contributed by atoms with Crippen LogP contribution in [0.1, 0.15) is 34.5 Å². The van der Waals surface area contributed by atoms with E-state index in [1.54, 1.807) is 16.8 Å². The minimum absolute atomic E-state index is 0.174. The summed E-state index contributed by atoms with van der Waals surface area (Å²) < 4.78 is 1.62. The van der Waals surface area contributed by atoms with Crippen LogP contribution in [0.2, 0.25) is 0 Å². The number of allylic oxidation sites excluding steroid dienone is 1. The average Bonchev–Trinajstić information content (AvgIpc) is 3.16. The highest BCUT2D eigenvalue weighted by molar-refractivity contribution is 6.06. The van der Waals surface area contributed by atoms with E-state index in [-0.39, 0.29) is 11.5 Å². The van der Waals surface area contributed by atoms with E-state index < -0.39 is 12.0 Å². The Bertz CT molecular complexity index is 1130. The lowest BCUT2D eigenvalue weighted by atomic mass is 9.94. The number of hydrogen-bond donors (Lipinski definition) is 3. The molecule has 0 fully saturated rings. The zero-order valence-electron chi connectivity index (χ0n) is 15.9. The standard InChI is InChI=1S/C21H19N5O3/c1-12-5-3-4-6-16(12)25-19(27)17-13(2)24-21-22-11-23-26(21)18(17)14-7-9-15(10-8-14)20(28)29/h3-11,18H,1-2H3,(H,25,27)(H,28,29)(H,22,23,24)/t18-/m1/s1. The third-order valence-electron chi connectivity index (χ3n) is 4.91. The van der Waals surface area contributed by atoms with Crippen molar-refractivity contribution >= 4 is 23.5 Å². The number of nitrogens with zero attached hydrogens (tertiary/aromatic N) is 3. The van der Waals surface area contributed by atoms with Crippen molar-refractivity contribution in [1.29, 1.82) is 0 Å². The molecular weight excluding hydrogens is 370 g/mol. The van der Waals surface area contributed by atoms with Gasteiger partial charge >= 0.3 is 5.97 Å². The van der Waals surface area contributed by atoms with Gasteiger partial charge in [-0.25, -0.2) is 9.48 Å². The van der Waals surface area contributed by atoms with Crippen molar-refractivity contribution in [2.45, 2.75) is 19.9 Å². The maximum absolute atomic E-state index is 13.3. The normalized spacial score (nSPS) is 15.4. The molecule has 1 aliphatic rings. The van der Waals surface area contributed by atoms with Crippen molar-refractivity contribution in [1.82, 2.24) is 14.8 Å². The number of nitrogens with one attached hydrogen (secondary N) is 2. The molecule has 1 amide bonds. The van der Waals surface area contributed by atoms with E-state index in [0.29, 0.717) is 17.2 Å². The van der Waals surface area contributed by atoms with Gasteiger partial charge in [-0.2, -0.15) is 10.1 Å². The van der Waals surface area contributed by atoms with Crippen molar-refractivity contribution in [2.24, 2.45) is 0 Å². The number of fused-ring (bicyclic) bond motifs is 1. The summed E-state index contributed by atoms with van der Waals surface area (Å²) in [4.78, 5) is 28.7. The van der Waals surface area contributed by atoms with Crippen LogP contribution in [0.3, 0.4) is 0 Å². The summed E-state index contributed by atoms with van der Waals surface area (Å²) in [6, 6.07) is 13.4. The third-order valence-corrected chi connectivity index (χ3v) is 4.91. The van der Waals surface area contributed by atoms with Crippen LogP contribution in [0, 0.1) is 6.92 Å². The number of carboxylic acids is 1. The maximum Gasteiger partial charge on any atom is 0.335 e. The summed E-state index contributed by atoms with van der Waals surface area (Å²) in [5.41, 5.74) is 3.72. The quantitative estimate of drug-likeness (QED) is 0.632. The van der Waals surface area contributed by atoms with E-state index in [9.17, 15) is 14.7 Å². The Morgan fingerprint density at radius 1 is 1.10 bits per heavy atom. The first-order valence-electron chi connectivity index (χ1n) is 9.03. The number of amides is 1. The summed E-state index contributed by atoms with van der Waals surface area (Å²) >= 11 is 0. The topological polar surface area (TPSA) is 109 Å². The first kappa shape index (κ1) is 18.4. The van der Waals surface area contributed by atoms with Crippen molar-refractivity contribution in [3.05, 3.63) is 82.8 Å². The van der Waals surface area contributed by atoms with Gasteiger partial charge < -0.3 is 15.7 Å². The Hall–Kier alpha value is -3.94. The summed E-state index contributed by atoms with van der Waals surface area (Å²) in [6.45, 7) is 3.73. The van der Waals surface area contributed by atoms with Gasteiger partial charge in [-0.05, 0) is 43.2 Å². The highest BCUT2D eigenvalue weighted by Gasteiger charge is 2.33. The van der Waals surface area contributed by atoms with Crippen LogP contribution in [-0.4, -0.2) is 31.7 Å². The smallest absolute Gasteiger partial charge is 0.335 e. The first-order valence-corrected chi connectivity index (χ1v) is 9.03. The number of benzene rings is 2. The van der Waals surface area contributed by atoms with Gasteiger partial charge in [0, 0.05) is 11.4 Å². The number of carbonyl (C=O) groups excluding carboxylic acids is 1. The van der Waals surface area contributed by atoms with Gasteiger partial charge in [-0.3, -0.25) is 4.79 Å². The van der Waals surface area contributed by atoms with E-state index in [1.165, 1.54) is 18.5 Å². The number of para-hydroxylation sites is 1. The van der Waals surface area contributed by atoms with E-state index in [2.05, 4.69) is 20.7 Å². The molecule has 2 aromatic carbocycles. The monoisotopic (exact) mass is 389 g/mol. The lowest BCUT2D eigenvalue weighted by Crippen LogP contribution is -2.31. The summed E-state index contributed by atoms with van der Waals surface area (Å²) in [7, 11) is 0. The van der Waals surface area contributed by atoms with E-state index in [0.717, 1.165) is 16.8 Å². The van der Waals surface area contributed by atoms with Gasteiger partial charge in [0.1, 0.15) is 12.4 Å². The molecule has 0 aliphatic carbocycles. The molecule has 0 unspecified atom stereocenters. The lowest BCUT2D eigenvalue weighted by Gasteiger charge is -2.29. The lowest BCUT2D eigenvalue weighted by molar-refractivity contribution is -0.113. The number of aromatic nitrogens is 3. The largest absolute Gasteiger partial charge is 0.478 e. The fourth-order valence-electron chi connectivity index (χ4n) is 3.40. The molecule has 146 valence electrons.